The highest BCUT2D eigenvalue weighted by molar-refractivity contribution is 9.10. The Morgan fingerprint density at radius 3 is 2.58 bits per heavy atom. The summed E-state index contributed by atoms with van der Waals surface area (Å²) in [6.07, 6.45) is 0. The molecule has 0 aliphatic carbocycles. The Hall–Kier alpha value is -0.770. The lowest BCUT2D eigenvalue weighted by Gasteiger charge is -2.11. The number of hydrogen-bond donors (Lipinski definition) is 1. The van der Waals surface area contributed by atoms with Crippen LogP contribution in [-0.2, 0) is 6.54 Å². The molecule has 0 aliphatic heterocycles. The topological polar surface area (TPSA) is 12.0 Å². The molecular weight excluding hydrogens is 352 g/mol. The standard InChI is InChI=1S/C14H11BrCl2FN/c1-8-6-9(2-4-11(8)18)7-19-12-5-3-10(15)13(16)14(12)17/h2-6,19H,7H2,1H3. The second-order valence-electron chi connectivity index (χ2n) is 4.16. The molecule has 1 N–H and O–H groups in total. The smallest absolute Gasteiger partial charge is 0.126 e. The molecule has 0 saturated carbocycles. The molecule has 0 heterocycles. The lowest BCUT2D eigenvalue weighted by Crippen LogP contribution is -2.01. The molecule has 19 heavy (non-hydrogen) atoms. The van der Waals surface area contributed by atoms with E-state index < -0.39 is 0 Å². The Balaban J connectivity index is 2.14. The zero-order valence-electron chi connectivity index (χ0n) is 10.1. The SMILES string of the molecule is Cc1cc(CNc2ccc(Br)c(Cl)c2Cl)ccc1F. The molecule has 0 amide bonds. The van der Waals surface area contributed by atoms with E-state index in [-0.39, 0.29) is 5.82 Å². The number of rotatable bonds is 3. The molecule has 0 atom stereocenters. The van der Waals surface area contributed by atoms with Gasteiger partial charge in [0, 0.05) is 11.0 Å². The molecule has 2 rings (SSSR count). The van der Waals surface area contributed by atoms with Crippen LogP contribution in [0.3, 0.4) is 0 Å². The molecule has 0 spiro atoms. The van der Waals surface area contributed by atoms with Crippen molar-refractivity contribution in [2.24, 2.45) is 0 Å². The van der Waals surface area contributed by atoms with Crippen LogP contribution in [0, 0.1) is 12.7 Å². The summed E-state index contributed by atoms with van der Waals surface area (Å²) in [5, 5.41) is 4.13. The number of anilines is 1. The monoisotopic (exact) mass is 361 g/mol. The summed E-state index contributed by atoms with van der Waals surface area (Å²) >= 11 is 15.5. The quantitative estimate of drug-likeness (QED) is 0.678. The Morgan fingerprint density at radius 2 is 1.89 bits per heavy atom. The van der Waals surface area contributed by atoms with Crippen LogP contribution < -0.4 is 5.32 Å². The summed E-state index contributed by atoms with van der Waals surface area (Å²) in [6, 6.07) is 8.67. The summed E-state index contributed by atoms with van der Waals surface area (Å²) in [5.41, 5.74) is 2.35. The normalized spacial score (nSPS) is 10.6. The molecule has 0 bridgehead atoms. The van der Waals surface area contributed by atoms with Gasteiger partial charge in [0.15, 0.2) is 0 Å². The fourth-order valence-corrected chi connectivity index (χ4v) is 2.52. The second-order valence-corrected chi connectivity index (χ2v) is 5.77. The molecule has 0 unspecified atom stereocenters. The zero-order valence-corrected chi connectivity index (χ0v) is 13.2. The zero-order chi connectivity index (χ0) is 14.0. The highest BCUT2D eigenvalue weighted by atomic mass is 79.9. The molecule has 2 aromatic carbocycles. The Morgan fingerprint density at radius 1 is 1.16 bits per heavy atom. The molecule has 2 aromatic rings. The van der Waals surface area contributed by atoms with E-state index in [2.05, 4.69) is 21.2 Å². The van der Waals surface area contributed by atoms with Gasteiger partial charge in [-0.3, -0.25) is 0 Å². The minimum absolute atomic E-state index is 0.200. The van der Waals surface area contributed by atoms with Crippen LogP contribution in [0.25, 0.3) is 0 Å². The Bertz CT molecular complexity index is 617. The van der Waals surface area contributed by atoms with Gasteiger partial charge in [-0.25, -0.2) is 4.39 Å². The van der Waals surface area contributed by atoms with E-state index in [0.717, 1.165) is 15.7 Å². The van der Waals surface area contributed by atoms with Crippen LogP contribution in [0.1, 0.15) is 11.1 Å². The summed E-state index contributed by atoms with van der Waals surface area (Å²) in [6.45, 7) is 2.29. The van der Waals surface area contributed by atoms with Gasteiger partial charge in [0.1, 0.15) is 5.82 Å². The van der Waals surface area contributed by atoms with Gasteiger partial charge >= 0.3 is 0 Å². The second kappa shape index (κ2) is 6.12. The van der Waals surface area contributed by atoms with Crippen molar-refractivity contribution < 1.29 is 4.39 Å². The summed E-state index contributed by atoms with van der Waals surface area (Å²) in [5.74, 6) is -0.200. The molecular formula is C14H11BrCl2FN. The Labute approximate surface area is 129 Å². The highest BCUT2D eigenvalue weighted by Gasteiger charge is 2.08. The first-order chi connectivity index (χ1) is 8.99. The maximum Gasteiger partial charge on any atom is 0.126 e. The summed E-state index contributed by atoms with van der Waals surface area (Å²) in [7, 11) is 0. The van der Waals surface area contributed by atoms with Gasteiger partial charge < -0.3 is 5.32 Å². The number of benzene rings is 2. The van der Waals surface area contributed by atoms with Crippen LogP contribution in [0.4, 0.5) is 10.1 Å². The largest absolute Gasteiger partial charge is 0.380 e. The molecule has 100 valence electrons. The van der Waals surface area contributed by atoms with Crippen LogP contribution in [0.15, 0.2) is 34.8 Å². The van der Waals surface area contributed by atoms with Gasteiger partial charge in [0.05, 0.1) is 15.7 Å². The maximum atomic E-state index is 13.2. The lowest BCUT2D eigenvalue weighted by atomic mass is 10.1. The van der Waals surface area contributed by atoms with Gasteiger partial charge in [-0.05, 0) is 52.2 Å². The van der Waals surface area contributed by atoms with E-state index in [9.17, 15) is 4.39 Å². The van der Waals surface area contributed by atoms with Gasteiger partial charge in [-0.15, -0.1) is 0 Å². The lowest BCUT2D eigenvalue weighted by molar-refractivity contribution is 0.617. The predicted molar refractivity (Wildman–Crippen MR) is 82.6 cm³/mol. The molecule has 1 nitrogen and oxygen atoms in total. The molecule has 0 aliphatic rings. The van der Waals surface area contributed by atoms with Crippen LogP contribution in [-0.4, -0.2) is 0 Å². The van der Waals surface area contributed by atoms with Crippen molar-refractivity contribution in [2.75, 3.05) is 5.32 Å². The molecule has 0 aromatic heterocycles. The van der Waals surface area contributed by atoms with E-state index in [1.165, 1.54) is 6.07 Å². The van der Waals surface area contributed by atoms with Crippen LogP contribution >= 0.6 is 39.1 Å². The van der Waals surface area contributed by atoms with Crippen molar-refractivity contribution in [3.05, 3.63) is 61.8 Å². The maximum absolute atomic E-state index is 13.2. The van der Waals surface area contributed by atoms with E-state index in [0.29, 0.717) is 22.2 Å². The van der Waals surface area contributed by atoms with E-state index >= 15 is 0 Å². The number of hydrogen-bond acceptors (Lipinski definition) is 1. The third kappa shape index (κ3) is 3.41. The number of halogens is 4. The highest BCUT2D eigenvalue weighted by Crippen LogP contribution is 2.35. The van der Waals surface area contributed by atoms with Gasteiger partial charge in [0.25, 0.3) is 0 Å². The van der Waals surface area contributed by atoms with Crippen molar-refractivity contribution in [3.63, 3.8) is 0 Å². The van der Waals surface area contributed by atoms with E-state index in [1.54, 1.807) is 19.1 Å². The van der Waals surface area contributed by atoms with Crippen molar-refractivity contribution in [2.45, 2.75) is 13.5 Å². The van der Waals surface area contributed by atoms with Crippen molar-refractivity contribution in [3.8, 4) is 0 Å². The van der Waals surface area contributed by atoms with Crippen LogP contribution in [0.5, 0.6) is 0 Å². The number of nitrogens with one attached hydrogen (secondary N) is 1. The minimum atomic E-state index is -0.200. The summed E-state index contributed by atoms with van der Waals surface area (Å²) in [4.78, 5) is 0. The first-order valence-electron chi connectivity index (χ1n) is 5.61. The van der Waals surface area contributed by atoms with Gasteiger partial charge in [0.2, 0.25) is 0 Å². The van der Waals surface area contributed by atoms with Crippen LogP contribution in [0.2, 0.25) is 10.0 Å². The number of aryl methyl sites for hydroxylation is 1. The van der Waals surface area contributed by atoms with E-state index in [1.807, 2.05) is 12.1 Å². The fraction of sp³-hybridized carbons (Fsp3) is 0.143. The van der Waals surface area contributed by atoms with Gasteiger partial charge in [-0.1, -0.05) is 35.3 Å². The Kier molecular flexibility index (Phi) is 4.71. The molecule has 0 fully saturated rings. The fourth-order valence-electron chi connectivity index (χ4n) is 1.68. The minimum Gasteiger partial charge on any atom is -0.380 e. The third-order valence-corrected chi connectivity index (χ3v) is 4.51. The average molecular weight is 363 g/mol. The van der Waals surface area contributed by atoms with Crippen molar-refractivity contribution >= 4 is 44.8 Å². The summed E-state index contributed by atoms with van der Waals surface area (Å²) < 4.78 is 13.9. The molecule has 0 radical (unpaired) electrons. The van der Waals surface area contributed by atoms with Crippen molar-refractivity contribution in [1.29, 1.82) is 0 Å². The average Bonchev–Trinajstić information content (AvgIpc) is 2.39. The first-order valence-corrected chi connectivity index (χ1v) is 7.16. The van der Waals surface area contributed by atoms with Crippen molar-refractivity contribution in [1.82, 2.24) is 0 Å². The predicted octanol–water partition coefficient (Wildman–Crippen LogP) is 5.82. The van der Waals surface area contributed by atoms with Gasteiger partial charge in [-0.2, -0.15) is 0 Å². The molecule has 0 saturated heterocycles. The molecule has 5 heteroatoms. The first kappa shape index (κ1) is 14.6. The third-order valence-electron chi connectivity index (χ3n) is 2.74. The van der Waals surface area contributed by atoms with E-state index in [4.69, 9.17) is 23.2 Å².